The zero-order chi connectivity index (χ0) is 22.0. The van der Waals surface area contributed by atoms with Crippen LogP contribution in [0.25, 0.3) is 11.3 Å². The molecule has 1 aromatic heterocycles. The number of fused-ring (bicyclic) bond motifs is 1. The van der Waals surface area contributed by atoms with Crippen molar-refractivity contribution in [2.24, 2.45) is 0 Å². The van der Waals surface area contributed by atoms with E-state index < -0.39 is 0 Å². The number of hydrogen-bond donors (Lipinski definition) is 2. The molecule has 0 radical (unpaired) electrons. The number of amides is 1. The summed E-state index contributed by atoms with van der Waals surface area (Å²) in [5.41, 5.74) is 3.32. The maximum atomic E-state index is 13.3. The van der Waals surface area contributed by atoms with Crippen molar-refractivity contribution >= 4 is 5.91 Å². The number of ether oxygens (including phenoxy) is 2. The number of unbranched alkanes of at least 4 members (excludes halogenated alkanes) is 2. The number of aromatic hydroxyl groups is 1. The Morgan fingerprint density at radius 3 is 2.58 bits per heavy atom. The standard InChI is InChI=1S/C24H27N3O4/c1-4-5-8-13-27-23(15-11-12-18(30-2)19(14-15)31-3)20-21(25-26-22(20)24(27)29)16-9-6-7-10-17(16)28/h6-7,9-12,14,23,28H,4-5,8,13H2,1-3H3,(H,25,26). The molecule has 0 bridgehead atoms. The van der Waals surface area contributed by atoms with Gasteiger partial charge in [0.05, 0.1) is 20.3 Å². The molecule has 4 rings (SSSR count). The topological polar surface area (TPSA) is 87.7 Å². The third-order valence-corrected chi connectivity index (χ3v) is 5.75. The molecule has 0 spiro atoms. The Morgan fingerprint density at radius 1 is 1.10 bits per heavy atom. The van der Waals surface area contributed by atoms with E-state index in [-0.39, 0.29) is 17.7 Å². The number of aromatic nitrogens is 2. The van der Waals surface area contributed by atoms with E-state index in [1.165, 1.54) is 0 Å². The van der Waals surface area contributed by atoms with E-state index in [1.807, 2.05) is 35.2 Å². The molecule has 1 amide bonds. The lowest BCUT2D eigenvalue weighted by Gasteiger charge is -2.27. The van der Waals surface area contributed by atoms with Crippen LogP contribution in [0.2, 0.25) is 0 Å². The van der Waals surface area contributed by atoms with Gasteiger partial charge in [-0.2, -0.15) is 5.10 Å². The quantitative estimate of drug-likeness (QED) is 0.522. The van der Waals surface area contributed by atoms with E-state index in [4.69, 9.17) is 9.47 Å². The summed E-state index contributed by atoms with van der Waals surface area (Å²) < 4.78 is 10.9. The van der Waals surface area contributed by atoms with Crippen LogP contribution in [0.5, 0.6) is 17.2 Å². The number of H-pyrrole nitrogens is 1. The number of hydrogen-bond acceptors (Lipinski definition) is 5. The lowest BCUT2D eigenvalue weighted by Crippen LogP contribution is -2.30. The fraction of sp³-hybridized carbons (Fsp3) is 0.333. The van der Waals surface area contributed by atoms with Crippen molar-refractivity contribution in [2.75, 3.05) is 20.8 Å². The van der Waals surface area contributed by atoms with Crippen molar-refractivity contribution in [1.29, 1.82) is 0 Å². The van der Waals surface area contributed by atoms with E-state index in [0.29, 0.717) is 35.0 Å². The van der Waals surface area contributed by atoms with Crippen molar-refractivity contribution < 1.29 is 19.4 Å². The highest BCUT2D eigenvalue weighted by atomic mass is 16.5. The number of para-hydroxylation sites is 1. The second-order valence-electron chi connectivity index (χ2n) is 7.60. The zero-order valence-electron chi connectivity index (χ0n) is 18.0. The molecule has 2 heterocycles. The lowest BCUT2D eigenvalue weighted by atomic mass is 9.95. The summed E-state index contributed by atoms with van der Waals surface area (Å²) in [6.45, 7) is 2.77. The summed E-state index contributed by atoms with van der Waals surface area (Å²) in [5.74, 6) is 1.27. The molecule has 0 saturated carbocycles. The van der Waals surface area contributed by atoms with Gasteiger partial charge < -0.3 is 19.5 Å². The zero-order valence-corrected chi connectivity index (χ0v) is 18.0. The molecule has 0 fully saturated rings. The van der Waals surface area contributed by atoms with Crippen LogP contribution < -0.4 is 9.47 Å². The second-order valence-corrected chi connectivity index (χ2v) is 7.60. The Labute approximate surface area is 181 Å². The van der Waals surface area contributed by atoms with E-state index in [0.717, 1.165) is 30.4 Å². The highest BCUT2D eigenvalue weighted by Gasteiger charge is 2.42. The maximum absolute atomic E-state index is 13.3. The summed E-state index contributed by atoms with van der Waals surface area (Å²) >= 11 is 0. The Morgan fingerprint density at radius 2 is 1.87 bits per heavy atom. The maximum Gasteiger partial charge on any atom is 0.273 e. The number of methoxy groups -OCH3 is 2. The molecule has 2 N–H and O–H groups in total. The molecule has 2 aromatic carbocycles. The minimum Gasteiger partial charge on any atom is -0.507 e. The van der Waals surface area contributed by atoms with E-state index in [2.05, 4.69) is 17.1 Å². The van der Waals surface area contributed by atoms with Crippen LogP contribution >= 0.6 is 0 Å². The van der Waals surface area contributed by atoms with E-state index >= 15 is 0 Å². The fourth-order valence-corrected chi connectivity index (χ4v) is 4.21. The van der Waals surface area contributed by atoms with Crippen LogP contribution in [0, 0.1) is 0 Å². The Kier molecular flexibility index (Phi) is 5.84. The van der Waals surface area contributed by atoms with Gasteiger partial charge in [-0.15, -0.1) is 0 Å². The highest BCUT2D eigenvalue weighted by Crippen LogP contribution is 2.45. The predicted molar refractivity (Wildman–Crippen MR) is 118 cm³/mol. The first-order chi connectivity index (χ1) is 15.1. The molecular formula is C24H27N3O4. The van der Waals surface area contributed by atoms with Gasteiger partial charge >= 0.3 is 0 Å². The number of phenols is 1. The molecule has 1 unspecified atom stereocenters. The molecule has 0 saturated heterocycles. The predicted octanol–water partition coefficient (Wildman–Crippen LogP) is 4.53. The van der Waals surface area contributed by atoms with Crippen molar-refractivity contribution in [3.8, 4) is 28.5 Å². The number of aromatic amines is 1. The summed E-state index contributed by atoms with van der Waals surface area (Å²) in [5, 5.41) is 17.8. The minimum absolute atomic E-state index is 0.0833. The summed E-state index contributed by atoms with van der Waals surface area (Å²) in [7, 11) is 3.19. The normalized spacial score (nSPS) is 15.3. The van der Waals surface area contributed by atoms with Gasteiger partial charge in [0.2, 0.25) is 0 Å². The number of rotatable bonds is 8. The van der Waals surface area contributed by atoms with Gasteiger partial charge in [-0.1, -0.05) is 38.0 Å². The number of carbonyl (C=O) groups excluding carboxylic acids is 1. The van der Waals surface area contributed by atoms with E-state index in [9.17, 15) is 9.90 Å². The number of nitrogens with zero attached hydrogens (tertiary/aromatic N) is 2. The van der Waals surface area contributed by atoms with Crippen molar-refractivity contribution in [3.05, 3.63) is 59.3 Å². The van der Waals surface area contributed by atoms with Crippen molar-refractivity contribution in [1.82, 2.24) is 15.1 Å². The van der Waals surface area contributed by atoms with Crippen LogP contribution in [-0.2, 0) is 0 Å². The minimum atomic E-state index is -0.340. The second kappa shape index (κ2) is 8.71. The van der Waals surface area contributed by atoms with E-state index in [1.54, 1.807) is 26.4 Å². The summed E-state index contributed by atoms with van der Waals surface area (Å²) in [6.07, 6.45) is 3.02. The molecular weight excluding hydrogens is 394 g/mol. The first-order valence-corrected chi connectivity index (χ1v) is 10.5. The number of carbonyl (C=O) groups is 1. The first kappa shape index (κ1) is 20.8. The number of benzene rings is 2. The monoisotopic (exact) mass is 421 g/mol. The molecule has 7 nitrogen and oxygen atoms in total. The summed E-state index contributed by atoms with van der Waals surface area (Å²) in [6, 6.07) is 12.4. The molecule has 162 valence electrons. The van der Waals surface area contributed by atoms with Crippen molar-refractivity contribution in [2.45, 2.75) is 32.2 Å². The number of phenolic OH excluding ortho intramolecular Hbond substituents is 1. The average Bonchev–Trinajstić information content (AvgIpc) is 3.33. The van der Waals surface area contributed by atoms with Crippen molar-refractivity contribution in [3.63, 3.8) is 0 Å². The SMILES string of the molecule is CCCCCN1C(=O)c2[nH]nc(-c3ccccc3O)c2C1c1ccc(OC)c(OC)c1. The molecule has 31 heavy (non-hydrogen) atoms. The van der Waals surface area contributed by atoms with Crippen LogP contribution in [0.1, 0.15) is 53.8 Å². The van der Waals surface area contributed by atoms with Crippen LogP contribution in [0.4, 0.5) is 0 Å². The molecule has 1 aliphatic heterocycles. The van der Waals surface area contributed by atoms with Gasteiger partial charge in [-0.05, 0) is 36.2 Å². The Hall–Kier alpha value is -3.48. The highest BCUT2D eigenvalue weighted by molar-refractivity contribution is 6.00. The largest absolute Gasteiger partial charge is 0.507 e. The van der Waals surface area contributed by atoms with Crippen LogP contribution in [-0.4, -0.2) is 46.9 Å². The molecule has 1 aliphatic rings. The molecule has 0 aliphatic carbocycles. The molecule has 1 atom stereocenters. The first-order valence-electron chi connectivity index (χ1n) is 10.5. The van der Waals surface area contributed by atoms with Crippen LogP contribution in [0.15, 0.2) is 42.5 Å². The third kappa shape index (κ3) is 3.60. The van der Waals surface area contributed by atoms with Gasteiger partial charge in [0.1, 0.15) is 17.1 Å². The third-order valence-electron chi connectivity index (χ3n) is 5.75. The molecule has 7 heteroatoms. The average molecular weight is 421 g/mol. The van der Waals surface area contributed by atoms with Gasteiger partial charge in [-0.25, -0.2) is 0 Å². The summed E-state index contributed by atoms with van der Waals surface area (Å²) in [4.78, 5) is 15.2. The molecule has 3 aromatic rings. The van der Waals surface area contributed by atoms with Gasteiger partial charge in [0, 0.05) is 17.7 Å². The smallest absolute Gasteiger partial charge is 0.273 e. The van der Waals surface area contributed by atoms with Gasteiger partial charge in [-0.3, -0.25) is 9.89 Å². The number of nitrogens with one attached hydrogen (secondary N) is 1. The lowest BCUT2D eigenvalue weighted by molar-refractivity contribution is 0.0740. The van der Waals surface area contributed by atoms with Crippen LogP contribution in [0.3, 0.4) is 0 Å². The van der Waals surface area contributed by atoms with Gasteiger partial charge in [0.25, 0.3) is 5.91 Å². The van der Waals surface area contributed by atoms with Gasteiger partial charge in [0.15, 0.2) is 11.5 Å². The Bertz CT molecular complexity index is 1090. The Balaban J connectivity index is 1.86. The fourth-order valence-electron chi connectivity index (χ4n) is 4.21.